The molecule has 162 valence electrons. The van der Waals surface area contributed by atoms with Crippen LogP contribution in [0.4, 0.5) is 5.69 Å². The molecule has 0 aromatic heterocycles. The van der Waals surface area contributed by atoms with Crippen LogP contribution in [0, 0.1) is 5.92 Å². The quantitative estimate of drug-likeness (QED) is 0.223. The summed E-state index contributed by atoms with van der Waals surface area (Å²) >= 11 is 5.74. The second-order valence-corrected chi connectivity index (χ2v) is 10.0. The number of carbonyl (C=O) groups excluding carboxylic acids is 1. The number of ether oxygens (including phenoxy) is 1. The molecule has 3 rings (SSSR count). The van der Waals surface area contributed by atoms with Gasteiger partial charge in [-0.1, -0.05) is 64.2 Å². The summed E-state index contributed by atoms with van der Waals surface area (Å²) in [5, 5.41) is 0. The van der Waals surface area contributed by atoms with Crippen LogP contribution >= 0.6 is 12.2 Å². The summed E-state index contributed by atoms with van der Waals surface area (Å²) in [6, 6.07) is 7.00. The first kappa shape index (κ1) is 22.7. The summed E-state index contributed by atoms with van der Waals surface area (Å²) in [4.78, 5) is 15.0. The number of esters is 1. The maximum atomic E-state index is 11.6. The van der Waals surface area contributed by atoms with E-state index in [0.29, 0.717) is 12.5 Å². The first-order chi connectivity index (χ1) is 14.1. The van der Waals surface area contributed by atoms with Crippen molar-refractivity contribution in [3.05, 3.63) is 53.1 Å². The Kier molecular flexibility index (Phi) is 6.57. The van der Waals surface area contributed by atoms with E-state index in [1.54, 1.807) is 6.08 Å². The van der Waals surface area contributed by atoms with E-state index in [4.69, 9.17) is 17.0 Å². The highest BCUT2D eigenvalue weighted by Gasteiger charge is 2.50. The predicted molar refractivity (Wildman–Crippen MR) is 129 cm³/mol. The van der Waals surface area contributed by atoms with E-state index >= 15 is 0 Å². The van der Waals surface area contributed by atoms with Crippen LogP contribution in [0.2, 0.25) is 0 Å². The Morgan fingerprint density at radius 3 is 2.70 bits per heavy atom. The molecule has 0 saturated heterocycles. The zero-order valence-electron chi connectivity index (χ0n) is 19.2. The number of thiocarbonyl (C=S) groups is 1. The number of rotatable bonds is 7. The van der Waals surface area contributed by atoms with Crippen molar-refractivity contribution in [2.45, 2.75) is 71.6 Å². The summed E-state index contributed by atoms with van der Waals surface area (Å²) in [5.74, 6) is 0.213. The molecule has 0 spiro atoms. The minimum atomic E-state index is -0.273. The highest BCUT2D eigenvalue weighted by molar-refractivity contribution is 7.80. The summed E-state index contributed by atoms with van der Waals surface area (Å²) < 4.78 is 4.99. The van der Waals surface area contributed by atoms with Crippen LogP contribution < -0.4 is 4.90 Å². The fraction of sp³-hybridized carbons (Fsp3) is 0.538. The topological polar surface area (TPSA) is 29.5 Å². The number of anilines is 1. The third-order valence-electron chi connectivity index (χ3n) is 6.54. The lowest BCUT2D eigenvalue weighted by molar-refractivity contribution is -0.137. The van der Waals surface area contributed by atoms with Gasteiger partial charge in [0.2, 0.25) is 0 Å². The molecule has 1 aromatic rings. The van der Waals surface area contributed by atoms with Crippen LogP contribution in [-0.4, -0.2) is 24.1 Å². The highest BCUT2D eigenvalue weighted by Crippen LogP contribution is 2.56. The molecule has 1 aliphatic carbocycles. The van der Waals surface area contributed by atoms with Crippen molar-refractivity contribution >= 4 is 28.9 Å². The molecule has 0 unspecified atom stereocenters. The van der Waals surface area contributed by atoms with Crippen LogP contribution in [0.25, 0.3) is 0 Å². The molecule has 1 fully saturated rings. The van der Waals surface area contributed by atoms with E-state index in [1.165, 1.54) is 16.8 Å². The number of hydrogen-bond donors (Lipinski definition) is 0. The number of hydrogen-bond acceptors (Lipinski definition) is 3. The first-order valence-corrected chi connectivity index (χ1v) is 11.5. The molecular formula is C26H35NO2S. The fourth-order valence-corrected chi connectivity index (χ4v) is 5.09. The maximum Gasteiger partial charge on any atom is 0.330 e. The molecule has 1 aliphatic heterocycles. The molecule has 1 aromatic carbocycles. The zero-order chi connectivity index (χ0) is 22.1. The standard InChI is InChI=1S/C26H35NO2S/c1-7-13-27-22-12-11-19(15-21(22)25(4,5)17-23(27)30)26(6)16-20(26)10-9-18(3)14-24(28)29-8-2/h9-12,14-15,20H,7-8,13,16-17H2,1-6H3/t20-,26-/m1/s1. The average Bonchev–Trinajstić information content (AvgIpc) is 3.34. The van der Waals surface area contributed by atoms with Gasteiger partial charge in [0.15, 0.2) is 0 Å². The number of allylic oxidation sites excluding steroid dienone is 3. The summed E-state index contributed by atoms with van der Waals surface area (Å²) in [5.41, 5.74) is 5.24. The van der Waals surface area contributed by atoms with E-state index in [2.05, 4.69) is 62.9 Å². The van der Waals surface area contributed by atoms with Gasteiger partial charge in [0, 0.05) is 24.7 Å². The monoisotopic (exact) mass is 425 g/mol. The van der Waals surface area contributed by atoms with Gasteiger partial charge in [0.05, 0.1) is 11.6 Å². The Morgan fingerprint density at radius 2 is 2.03 bits per heavy atom. The summed E-state index contributed by atoms with van der Waals surface area (Å²) in [6.45, 7) is 14.3. The Bertz CT molecular complexity index is 898. The molecule has 2 aliphatic rings. The smallest absolute Gasteiger partial charge is 0.330 e. The molecule has 1 heterocycles. The third kappa shape index (κ3) is 4.54. The molecule has 4 heteroatoms. The van der Waals surface area contributed by atoms with E-state index < -0.39 is 0 Å². The highest BCUT2D eigenvalue weighted by atomic mass is 32.1. The van der Waals surface area contributed by atoms with Crippen molar-refractivity contribution in [3.63, 3.8) is 0 Å². The second-order valence-electron chi connectivity index (χ2n) is 9.57. The van der Waals surface area contributed by atoms with Gasteiger partial charge in [0.25, 0.3) is 0 Å². The van der Waals surface area contributed by atoms with Gasteiger partial charge in [-0.2, -0.15) is 0 Å². The van der Waals surface area contributed by atoms with Gasteiger partial charge >= 0.3 is 5.97 Å². The van der Waals surface area contributed by atoms with Gasteiger partial charge in [-0.05, 0) is 66.2 Å². The number of nitrogens with zero attached hydrogens (tertiary/aromatic N) is 1. The maximum absolute atomic E-state index is 11.6. The minimum Gasteiger partial charge on any atom is -0.463 e. The van der Waals surface area contributed by atoms with Crippen LogP contribution in [0.3, 0.4) is 0 Å². The van der Waals surface area contributed by atoms with E-state index in [9.17, 15) is 4.79 Å². The van der Waals surface area contributed by atoms with Crippen molar-refractivity contribution in [1.29, 1.82) is 0 Å². The Balaban J connectivity index is 1.82. The van der Waals surface area contributed by atoms with Crippen LogP contribution in [0.5, 0.6) is 0 Å². The van der Waals surface area contributed by atoms with Crippen LogP contribution in [-0.2, 0) is 20.4 Å². The third-order valence-corrected chi connectivity index (χ3v) is 6.91. The molecule has 0 amide bonds. The average molecular weight is 426 g/mol. The molecular weight excluding hydrogens is 390 g/mol. The molecule has 3 nitrogen and oxygen atoms in total. The normalized spacial score (nSPS) is 25.4. The Labute approximate surface area is 187 Å². The molecule has 30 heavy (non-hydrogen) atoms. The van der Waals surface area contributed by atoms with Gasteiger partial charge in [0.1, 0.15) is 0 Å². The minimum absolute atomic E-state index is 0.0578. The SMILES string of the molecule is CCCN1C(=S)CC(C)(C)c2cc([C@@]3(C)C[C@H]3C=CC(C)=CC(=O)OCC)ccc21. The molecule has 0 bridgehead atoms. The summed E-state index contributed by atoms with van der Waals surface area (Å²) in [6.07, 6.45) is 9.01. The van der Waals surface area contributed by atoms with Gasteiger partial charge in [-0.25, -0.2) is 4.79 Å². The lowest BCUT2D eigenvalue weighted by atomic mass is 9.75. The van der Waals surface area contributed by atoms with Crippen molar-refractivity contribution in [2.75, 3.05) is 18.1 Å². The van der Waals surface area contributed by atoms with Gasteiger partial charge in [-0.3, -0.25) is 0 Å². The van der Waals surface area contributed by atoms with Crippen molar-refractivity contribution < 1.29 is 9.53 Å². The van der Waals surface area contributed by atoms with Gasteiger partial charge in [-0.15, -0.1) is 0 Å². The molecule has 2 atom stereocenters. The lowest BCUT2D eigenvalue weighted by Gasteiger charge is -2.41. The Morgan fingerprint density at radius 1 is 1.30 bits per heavy atom. The molecule has 0 N–H and O–H groups in total. The Hall–Kier alpha value is -1.94. The van der Waals surface area contributed by atoms with Gasteiger partial charge < -0.3 is 9.64 Å². The first-order valence-electron chi connectivity index (χ1n) is 11.1. The molecule has 0 radical (unpaired) electrons. The van der Waals surface area contributed by atoms with E-state index in [-0.39, 0.29) is 16.8 Å². The lowest BCUT2D eigenvalue weighted by Crippen LogP contribution is -2.41. The predicted octanol–water partition coefficient (Wildman–Crippen LogP) is 6.25. The fourth-order valence-electron chi connectivity index (χ4n) is 4.54. The number of fused-ring (bicyclic) bond motifs is 1. The van der Waals surface area contributed by atoms with Crippen molar-refractivity contribution in [3.8, 4) is 0 Å². The van der Waals surface area contributed by atoms with Crippen molar-refractivity contribution in [2.24, 2.45) is 5.92 Å². The summed E-state index contributed by atoms with van der Waals surface area (Å²) in [7, 11) is 0. The van der Waals surface area contributed by atoms with Crippen LogP contribution in [0.1, 0.15) is 71.9 Å². The van der Waals surface area contributed by atoms with Crippen molar-refractivity contribution in [1.82, 2.24) is 0 Å². The van der Waals surface area contributed by atoms with Crippen LogP contribution in [0.15, 0.2) is 42.0 Å². The number of benzene rings is 1. The van der Waals surface area contributed by atoms with E-state index in [0.717, 1.165) is 36.4 Å². The second kappa shape index (κ2) is 8.66. The number of carbonyl (C=O) groups is 1. The van der Waals surface area contributed by atoms with E-state index in [1.807, 2.05) is 13.8 Å². The zero-order valence-corrected chi connectivity index (χ0v) is 20.1. The largest absolute Gasteiger partial charge is 0.463 e. The molecule has 1 saturated carbocycles.